The van der Waals surface area contributed by atoms with Crippen molar-refractivity contribution < 1.29 is 9.18 Å². The Labute approximate surface area is 159 Å². The van der Waals surface area contributed by atoms with Crippen molar-refractivity contribution in [2.45, 2.75) is 12.8 Å². The average molecular weight is 371 g/mol. The minimum atomic E-state index is -0.216. The molecular formula is C20H26FN5O. The van der Waals surface area contributed by atoms with Crippen LogP contribution in [0.2, 0.25) is 0 Å². The normalized spacial score (nSPS) is 11.1. The van der Waals surface area contributed by atoms with Gasteiger partial charge in [0.15, 0.2) is 5.96 Å². The zero-order chi connectivity index (χ0) is 19.5. The van der Waals surface area contributed by atoms with Crippen LogP contribution < -0.4 is 10.6 Å². The van der Waals surface area contributed by atoms with Crippen molar-refractivity contribution in [2.75, 3.05) is 33.7 Å². The molecular weight excluding hydrogens is 345 g/mol. The Bertz CT molecular complexity index is 751. The van der Waals surface area contributed by atoms with Crippen molar-refractivity contribution in [1.82, 2.24) is 20.5 Å². The van der Waals surface area contributed by atoms with E-state index in [-0.39, 0.29) is 18.3 Å². The number of halogens is 1. The SMILES string of the molecule is CN=C(NCCc1ccccc1F)NCC(=O)N(C)CCc1ccccn1. The molecule has 2 aromatic rings. The number of hydrogen-bond acceptors (Lipinski definition) is 3. The standard InChI is InChI=1S/C20H26FN5O/c1-22-20(24-13-10-16-7-3-4-9-18(16)21)25-15-19(27)26(2)14-11-17-8-5-6-12-23-17/h3-9,12H,10-11,13-15H2,1-2H3,(H2,22,24,25). The summed E-state index contributed by atoms with van der Waals surface area (Å²) in [4.78, 5) is 22.2. The van der Waals surface area contributed by atoms with Crippen molar-refractivity contribution in [3.63, 3.8) is 0 Å². The van der Waals surface area contributed by atoms with E-state index in [1.54, 1.807) is 37.3 Å². The molecule has 1 amide bonds. The van der Waals surface area contributed by atoms with Crippen molar-refractivity contribution in [3.8, 4) is 0 Å². The molecule has 0 bridgehead atoms. The summed E-state index contributed by atoms with van der Waals surface area (Å²) in [6.45, 7) is 1.25. The summed E-state index contributed by atoms with van der Waals surface area (Å²) in [5.74, 6) is 0.257. The maximum atomic E-state index is 13.6. The summed E-state index contributed by atoms with van der Waals surface area (Å²) < 4.78 is 13.6. The highest BCUT2D eigenvalue weighted by molar-refractivity contribution is 5.86. The number of hydrogen-bond donors (Lipinski definition) is 2. The summed E-state index contributed by atoms with van der Waals surface area (Å²) >= 11 is 0. The first kappa shape index (κ1) is 20.4. The summed E-state index contributed by atoms with van der Waals surface area (Å²) in [6.07, 6.45) is 2.99. The van der Waals surface area contributed by atoms with Crippen LogP contribution in [0.1, 0.15) is 11.3 Å². The highest BCUT2D eigenvalue weighted by Gasteiger charge is 2.10. The predicted molar refractivity (Wildman–Crippen MR) is 105 cm³/mol. The summed E-state index contributed by atoms with van der Waals surface area (Å²) in [5, 5.41) is 6.08. The van der Waals surface area contributed by atoms with Gasteiger partial charge in [-0.25, -0.2) is 4.39 Å². The van der Waals surface area contributed by atoms with Gasteiger partial charge >= 0.3 is 0 Å². The first-order valence-corrected chi connectivity index (χ1v) is 8.92. The zero-order valence-corrected chi connectivity index (χ0v) is 15.8. The number of benzene rings is 1. The molecule has 0 spiro atoms. The number of likely N-dealkylation sites (N-methyl/N-ethyl adjacent to an activating group) is 1. The van der Waals surface area contributed by atoms with E-state index in [2.05, 4.69) is 20.6 Å². The van der Waals surface area contributed by atoms with E-state index in [1.165, 1.54) is 6.07 Å². The number of carbonyl (C=O) groups is 1. The fraction of sp³-hybridized carbons (Fsp3) is 0.350. The second-order valence-electron chi connectivity index (χ2n) is 6.08. The summed E-state index contributed by atoms with van der Waals surface area (Å²) in [6, 6.07) is 12.4. The number of nitrogens with one attached hydrogen (secondary N) is 2. The van der Waals surface area contributed by atoms with Crippen LogP contribution in [0.3, 0.4) is 0 Å². The van der Waals surface area contributed by atoms with Gasteiger partial charge < -0.3 is 15.5 Å². The molecule has 0 saturated heterocycles. The quantitative estimate of drug-likeness (QED) is 0.547. The fourth-order valence-corrected chi connectivity index (χ4v) is 2.48. The van der Waals surface area contributed by atoms with E-state index < -0.39 is 0 Å². The van der Waals surface area contributed by atoms with Gasteiger partial charge in [0.25, 0.3) is 0 Å². The summed E-state index contributed by atoms with van der Waals surface area (Å²) in [7, 11) is 3.40. The van der Waals surface area contributed by atoms with Crippen molar-refractivity contribution in [1.29, 1.82) is 0 Å². The highest BCUT2D eigenvalue weighted by atomic mass is 19.1. The number of guanidine groups is 1. The van der Waals surface area contributed by atoms with Crippen LogP contribution in [0.5, 0.6) is 0 Å². The molecule has 0 aliphatic carbocycles. The zero-order valence-electron chi connectivity index (χ0n) is 15.8. The second-order valence-corrected chi connectivity index (χ2v) is 6.08. The molecule has 0 unspecified atom stereocenters. The Hall–Kier alpha value is -2.96. The number of pyridine rings is 1. The number of rotatable bonds is 8. The molecule has 1 aromatic carbocycles. The molecule has 1 aromatic heterocycles. The van der Waals surface area contributed by atoms with Crippen LogP contribution in [0.15, 0.2) is 53.7 Å². The molecule has 0 fully saturated rings. The van der Waals surface area contributed by atoms with Gasteiger partial charge in [-0.3, -0.25) is 14.8 Å². The lowest BCUT2D eigenvalue weighted by molar-refractivity contribution is -0.128. The Balaban J connectivity index is 1.69. The smallest absolute Gasteiger partial charge is 0.241 e. The van der Waals surface area contributed by atoms with Crippen LogP contribution in [0.4, 0.5) is 4.39 Å². The Morgan fingerprint density at radius 3 is 2.63 bits per heavy atom. The molecule has 2 rings (SSSR count). The van der Waals surface area contributed by atoms with E-state index in [0.29, 0.717) is 37.5 Å². The van der Waals surface area contributed by atoms with Gasteiger partial charge in [-0.05, 0) is 30.2 Å². The Morgan fingerprint density at radius 2 is 1.93 bits per heavy atom. The van der Waals surface area contributed by atoms with Gasteiger partial charge in [0.1, 0.15) is 5.82 Å². The van der Waals surface area contributed by atoms with Crippen LogP contribution in [0.25, 0.3) is 0 Å². The maximum absolute atomic E-state index is 13.6. The highest BCUT2D eigenvalue weighted by Crippen LogP contribution is 2.06. The molecule has 144 valence electrons. The van der Waals surface area contributed by atoms with Gasteiger partial charge in [-0.1, -0.05) is 24.3 Å². The van der Waals surface area contributed by atoms with Crippen LogP contribution in [-0.2, 0) is 17.6 Å². The van der Waals surface area contributed by atoms with Gasteiger partial charge in [0, 0.05) is 45.5 Å². The molecule has 0 atom stereocenters. The molecule has 0 aliphatic rings. The van der Waals surface area contributed by atoms with Gasteiger partial charge in [0.05, 0.1) is 6.54 Å². The third-order valence-electron chi connectivity index (χ3n) is 4.13. The fourth-order valence-electron chi connectivity index (χ4n) is 2.48. The van der Waals surface area contributed by atoms with Gasteiger partial charge in [-0.2, -0.15) is 0 Å². The lowest BCUT2D eigenvalue weighted by Crippen LogP contribution is -2.44. The molecule has 6 nitrogen and oxygen atoms in total. The topological polar surface area (TPSA) is 69.6 Å². The lowest BCUT2D eigenvalue weighted by Gasteiger charge is -2.18. The number of aromatic nitrogens is 1. The third-order valence-corrected chi connectivity index (χ3v) is 4.13. The predicted octanol–water partition coefficient (Wildman–Crippen LogP) is 1.63. The first-order chi connectivity index (χ1) is 13.1. The van der Waals surface area contributed by atoms with E-state index >= 15 is 0 Å². The minimum Gasteiger partial charge on any atom is -0.356 e. The van der Waals surface area contributed by atoms with Crippen molar-refractivity contribution in [3.05, 3.63) is 65.7 Å². The largest absolute Gasteiger partial charge is 0.356 e. The number of carbonyl (C=O) groups excluding carboxylic acids is 1. The van der Waals surface area contributed by atoms with E-state index in [9.17, 15) is 9.18 Å². The van der Waals surface area contributed by atoms with Crippen molar-refractivity contribution >= 4 is 11.9 Å². The summed E-state index contributed by atoms with van der Waals surface area (Å²) in [5.41, 5.74) is 1.60. The van der Waals surface area contributed by atoms with E-state index in [0.717, 1.165) is 5.69 Å². The molecule has 0 saturated carbocycles. The van der Waals surface area contributed by atoms with Gasteiger partial charge in [0.2, 0.25) is 5.91 Å². The number of nitrogens with zero attached hydrogens (tertiary/aromatic N) is 3. The molecule has 7 heteroatoms. The molecule has 0 radical (unpaired) electrons. The van der Waals surface area contributed by atoms with Crippen molar-refractivity contribution in [2.24, 2.45) is 4.99 Å². The molecule has 1 heterocycles. The maximum Gasteiger partial charge on any atom is 0.241 e. The average Bonchev–Trinajstić information content (AvgIpc) is 2.70. The third kappa shape index (κ3) is 7.05. The molecule has 0 aliphatic heterocycles. The van der Waals surface area contributed by atoms with Crippen LogP contribution in [0, 0.1) is 5.82 Å². The Kier molecular flexibility index (Phi) is 8.22. The minimum absolute atomic E-state index is 0.0389. The van der Waals surface area contributed by atoms with E-state index in [4.69, 9.17) is 0 Å². The molecule has 27 heavy (non-hydrogen) atoms. The molecule has 2 N–H and O–H groups in total. The first-order valence-electron chi connectivity index (χ1n) is 8.92. The van der Waals surface area contributed by atoms with Crippen LogP contribution >= 0.6 is 0 Å². The van der Waals surface area contributed by atoms with Crippen LogP contribution in [-0.4, -0.2) is 55.5 Å². The Morgan fingerprint density at radius 1 is 1.15 bits per heavy atom. The van der Waals surface area contributed by atoms with Gasteiger partial charge in [-0.15, -0.1) is 0 Å². The number of amides is 1. The lowest BCUT2D eigenvalue weighted by atomic mass is 10.1. The van der Waals surface area contributed by atoms with E-state index in [1.807, 2.05) is 24.3 Å². The number of aliphatic imine (C=N–C) groups is 1. The monoisotopic (exact) mass is 371 g/mol. The second kappa shape index (κ2) is 10.9.